The van der Waals surface area contributed by atoms with Gasteiger partial charge in [-0.15, -0.1) is 0 Å². The molecule has 2 aliphatic heterocycles. The molecule has 1 aromatic carbocycles. The van der Waals surface area contributed by atoms with Gasteiger partial charge in [0, 0.05) is 13.1 Å². The van der Waals surface area contributed by atoms with Crippen LogP contribution in [0.5, 0.6) is 0 Å². The van der Waals surface area contributed by atoms with Crippen LogP contribution in [0, 0.1) is 0 Å². The molecule has 3 rings (SSSR count). The predicted octanol–water partition coefficient (Wildman–Crippen LogP) is 2.59. The zero-order valence-electron chi connectivity index (χ0n) is 17.3. The predicted molar refractivity (Wildman–Crippen MR) is 107 cm³/mol. The van der Waals surface area contributed by atoms with Gasteiger partial charge in [0.25, 0.3) is 5.91 Å². The van der Waals surface area contributed by atoms with E-state index in [9.17, 15) is 27.6 Å². The molecule has 2 N–H and O–H groups in total. The molecule has 11 heteroatoms. The van der Waals surface area contributed by atoms with E-state index >= 15 is 0 Å². The molecule has 2 fully saturated rings. The van der Waals surface area contributed by atoms with Crippen molar-refractivity contribution in [3.63, 3.8) is 0 Å². The Labute approximate surface area is 177 Å². The van der Waals surface area contributed by atoms with E-state index in [4.69, 9.17) is 4.74 Å². The molecular formula is C20H25F3N4O4. The van der Waals surface area contributed by atoms with Crippen molar-refractivity contribution in [1.29, 1.82) is 0 Å². The maximum absolute atomic E-state index is 13.2. The number of halogens is 3. The molecule has 2 heterocycles. The quantitative estimate of drug-likeness (QED) is 0.661. The molecule has 0 spiro atoms. The fourth-order valence-electron chi connectivity index (χ4n) is 3.77. The van der Waals surface area contributed by atoms with Gasteiger partial charge in [-0.05, 0) is 31.0 Å². The van der Waals surface area contributed by atoms with Crippen LogP contribution >= 0.6 is 0 Å². The number of benzene rings is 1. The molecule has 0 atom stereocenters. The first-order chi connectivity index (χ1) is 14.6. The molecule has 2 aliphatic rings. The van der Waals surface area contributed by atoms with Crippen LogP contribution in [-0.2, 0) is 20.5 Å². The maximum Gasteiger partial charge on any atom is 0.416 e. The second-order valence-electron chi connectivity index (χ2n) is 7.49. The zero-order chi connectivity index (χ0) is 22.8. The molecule has 0 saturated carbocycles. The van der Waals surface area contributed by atoms with Gasteiger partial charge in [0.05, 0.1) is 30.2 Å². The van der Waals surface area contributed by atoms with Gasteiger partial charge < -0.3 is 20.3 Å². The zero-order valence-corrected chi connectivity index (χ0v) is 17.3. The molecular weight excluding hydrogens is 417 g/mol. The highest BCUT2D eigenvalue weighted by atomic mass is 19.4. The number of rotatable bonds is 6. The molecule has 4 amide bonds. The summed E-state index contributed by atoms with van der Waals surface area (Å²) in [4.78, 5) is 40.2. The van der Waals surface area contributed by atoms with Crippen LogP contribution in [0.3, 0.4) is 0 Å². The average Bonchev–Trinajstić information content (AvgIpc) is 2.98. The smallest absolute Gasteiger partial charge is 0.378 e. The molecule has 0 unspecified atom stereocenters. The van der Waals surface area contributed by atoms with Crippen molar-refractivity contribution in [3.05, 3.63) is 23.8 Å². The lowest BCUT2D eigenvalue weighted by Gasteiger charge is -2.31. The third kappa shape index (κ3) is 4.60. The highest BCUT2D eigenvalue weighted by Gasteiger charge is 2.49. The number of nitrogens with zero attached hydrogens (tertiary/aromatic N) is 2. The minimum atomic E-state index is -4.59. The van der Waals surface area contributed by atoms with E-state index in [-0.39, 0.29) is 5.69 Å². The van der Waals surface area contributed by atoms with Gasteiger partial charge in [0.1, 0.15) is 12.1 Å². The van der Waals surface area contributed by atoms with Gasteiger partial charge in [0.15, 0.2) is 0 Å². The van der Waals surface area contributed by atoms with E-state index in [1.807, 2.05) is 4.90 Å². The summed E-state index contributed by atoms with van der Waals surface area (Å²) in [5.41, 5.74) is -1.60. The molecule has 31 heavy (non-hydrogen) atoms. The number of amides is 4. The lowest BCUT2D eigenvalue weighted by molar-refractivity contribution is -0.137. The fraction of sp³-hybridized carbons (Fsp3) is 0.550. The third-order valence-electron chi connectivity index (χ3n) is 5.70. The number of urea groups is 1. The molecule has 1 aromatic rings. The first-order valence-corrected chi connectivity index (χ1v) is 10.1. The summed E-state index contributed by atoms with van der Waals surface area (Å²) in [6, 6.07) is 2.42. The molecule has 8 nitrogen and oxygen atoms in total. The topological polar surface area (TPSA) is 91.0 Å². The monoisotopic (exact) mass is 442 g/mol. The number of anilines is 2. The largest absolute Gasteiger partial charge is 0.416 e. The summed E-state index contributed by atoms with van der Waals surface area (Å²) in [5, 5.41) is 5.07. The van der Waals surface area contributed by atoms with Crippen LogP contribution in [0.4, 0.5) is 29.3 Å². The molecule has 170 valence electrons. The maximum atomic E-state index is 13.2. The van der Waals surface area contributed by atoms with E-state index in [1.165, 1.54) is 6.07 Å². The number of imide groups is 1. The van der Waals surface area contributed by atoms with Crippen molar-refractivity contribution in [2.24, 2.45) is 0 Å². The molecule has 0 radical (unpaired) electrons. The number of ether oxygens (including phenoxy) is 1. The number of hydrogen-bond acceptors (Lipinski definition) is 5. The van der Waals surface area contributed by atoms with Crippen molar-refractivity contribution in [2.75, 3.05) is 43.1 Å². The Hall–Kier alpha value is -2.82. The SMILES string of the molecule is CCC1(CC)NC(=O)N(CC(=O)Nc2cc(C(F)(F)F)ccc2N2CCOCC2)C1=O. The third-order valence-corrected chi connectivity index (χ3v) is 5.70. The minimum Gasteiger partial charge on any atom is -0.378 e. The first kappa shape index (κ1) is 22.9. The molecule has 2 saturated heterocycles. The van der Waals surface area contributed by atoms with Crippen LogP contribution in [0.1, 0.15) is 32.3 Å². The van der Waals surface area contributed by atoms with Crippen molar-refractivity contribution < 1.29 is 32.3 Å². The summed E-state index contributed by atoms with van der Waals surface area (Å²) in [6.45, 7) is 4.64. The number of alkyl halides is 3. The first-order valence-electron chi connectivity index (χ1n) is 10.1. The minimum absolute atomic E-state index is 0.0361. The number of nitrogens with one attached hydrogen (secondary N) is 2. The van der Waals surface area contributed by atoms with Crippen molar-refractivity contribution in [1.82, 2.24) is 10.2 Å². The van der Waals surface area contributed by atoms with Gasteiger partial charge in [-0.2, -0.15) is 13.2 Å². The summed E-state index contributed by atoms with van der Waals surface area (Å²) in [6.07, 6.45) is -3.86. The Kier molecular flexibility index (Phi) is 6.44. The van der Waals surface area contributed by atoms with Gasteiger partial charge in [-0.25, -0.2) is 4.79 Å². The van der Waals surface area contributed by atoms with Gasteiger partial charge in [-0.3, -0.25) is 14.5 Å². The summed E-state index contributed by atoms with van der Waals surface area (Å²) >= 11 is 0. The molecule has 0 aromatic heterocycles. The van der Waals surface area contributed by atoms with Gasteiger partial charge in [0.2, 0.25) is 5.91 Å². The normalized spacial score (nSPS) is 18.9. The second kappa shape index (κ2) is 8.74. The summed E-state index contributed by atoms with van der Waals surface area (Å²) in [5.74, 6) is -1.28. The van der Waals surface area contributed by atoms with E-state index in [0.29, 0.717) is 44.8 Å². The van der Waals surface area contributed by atoms with E-state index < -0.39 is 41.7 Å². The summed E-state index contributed by atoms with van der Waals surface area (Å²) in [7, 11) is 0. The van der Waals surface area contributed by atoms with E-state index in [0.717, 1.165) is 17.0 Å². The Bertz CT molecular complexity index is 864. The number of morpholine rings is 1. The van der Waals surface area contributed by atoms with Crippen LogP contribution in [0.2, 0.25) is 0 Å². The fourth-order valence-corrected chi connectivity index (χ4v) is 3.77. The molecule has 0 aliphatic carbocycles. The van der Waals surface area contributed by atoms with Crippen molar-refractivity contribution in [3.8, 4) is 0 Å². The Morgan fingerprint density at radius 3 is 2.39 bits per heavy atom. The highest BCUT2D eigenvalue weighted by Crippen LogP contribution is 2.36. The van der Waals surface area contributed by atoms with Crippen LogP contribution in [0.15, 0.2) is 18.2 Å². The van der Waals surface area contributed by atoms with Gasteiger partial charge in [-0.1, -0.05) is 13.8 Å². The Balaban J connectivity index is 1.82. The summed E-state index contributed by atoms with van der Waals surface area (Å²) < 4.78 is 44.9. The standard InChI is InChI=1S/C20H25F3N4O4/c1-3-19(4-2)17(29)27(18(30)25-19)12-16(28)24-14-11-13(20(21,22)23)5-6-15(14)26-7-9-31-10-8-26/h5-6,11H,3-4,7-10,12H2,1-2H3,(H,24,28)(H,25,30). The van der Waals surface area contributed by atoms with Crippen LogP contribution < -0.4 is 15.5 Å². The number of carbonyl (C=O) groups is 3. The second-order valence-corrected chi connectivity index (χ2v) is 7.49. The van der Waals surface area contributed by atoms with Crippen molar-refractivity contribution in [2.45, 2.75) is 38.4 Å². The lowest BCUT2D eigenvalue weighted by Crippen LogP contribution is -2.46. The lowest BCUT2D eigenvalue weighted by atomic mass is 9.93. The van der Waals surface area contributed by atoms with Gasteiger partial charge >= 0.3 is 12.2 Å². The average molecular weight is 442 g/mol. The van der Waals surface area contributed by atoms with Crippen LogP contribution in [0.25, 0.3) is 0 Å². The van der Waals surface area contributed by atoms with E-state index in [1.54, 1.807) is 13.8 Å². The highest BCUT2D eigenvalue weighted by molar-refractivity contribution is 6.10. The Morgan fingerprint density at radius 2 is 1.84 bits per heavy atom. The number of carbonyl (C=O) groups excluding carboxylic acids is 3. The van der Waals surface area contributed by atoms with Crippen LogP contribution in [-0.4, -0.2) is 61.1 Å². The molecule has 0 bridgehead atoms. The Morgan fingerprint density at radius 1 is 1.19 bits per heavy atom. The van der Waals surface area contributed by atoms with E-state index in [2.05, 4.69) is 10.6 Å². The number of hydrogen-bond donors (Lipinski definition) is 2. The van der Waals surface area contributed by atoms with Crippen molar-refractivity contribution >= 4 is 29.2 Å².